The largest absolute Gasteiger partial charge is 0.495 e. The quantitative estimate of drug-likeness (QED) is 0.893. The summed E-state index contributed by atoms with van der Waals surface area (Å²) in [5, 5.41) is 2.45. The van der Waals surface area contributed by atoms with Crippen molar-refractivity contribution in [2.45, 2.75) is 26.9 Å². The van der Waals surface area contributed by atoms with E-state index in [0.717, 1.165) is 12.1 Å². The zero-order valence-corrected chi connectivity index (χ0v) is 11.2. The van der Waals surface area contributed by atoms with Crippen molar-refractivity contribution in [3.63, 3.8) is 0 Å². The van der Waals surface area contributed by atoms with Crippen LogP contribution < -0.4 is 10.1 Å². The molecule has 106 valence electrons. The van der Waals surface area contributed by atoms with Gasteiger partial charge in [0.25, 0.3) is 0 Å². The van der Waals surface area contributed by atoms with Crippen molar-refractivity contribution in [1.82, 2.24) is 0 Å². The predicted octanol–water partition coefficient (Wildman–Crippen LogP) is 3.70. The Morgan fingerprint density at radius 2 is 1.79 bits per heavy atom. The lowest BCUT2D eigenvalue weighted by molar-refractivity contribution is -0.137. The normalized spacial score (nSPS) is 12.2. The molecule has 0 saturated heterocycles. The average molecular weight is 275 g/mol. The SMILES string of the molecule is COc1ccc(C(F)(F)F)cc1NC(=O)C(C)(C)C. The van der Waals surface area contributed by atoms with Gasteiger partial charge in [-0.3, -0.25) is 4.79 Å². The van der Waals surface area contributed by atoms with Crippen LogP contribution in [0.2, 0.25) is 0 Å². The van der Waals surface area contributed by atoms with Gasteiger partial charge in [-0.2, -0.15) is 13.2 Å². The number of hydrogen-bond donors (Lipinski definition) is 1. The van der Waals surface area contributed by atoms with Crippen LogP contribution in [0.1, 0.15) is 26.3 Å². The van der Waals surface area contributed by atoms with E-state index in [4.69, 9.17) is 4.74 Å². The summed E-state index contributed by atoms with van der Waals surface area (Å²) in [7, 11) is 1.33. The van der Waals surface area contributed by atoms with Gasteiger partial charge in [-0.25, -0.2) is 0 Å². The minimum atomic E-state index is -4.46. The minimum absolute atomic E-state index is 0.0113. The van der Waals surface area contributed by atoms with E-state index in [1.807, 2.05) is 0 Å². The van der Waals surface area contributed by atoms with Crippen LogP contribution in [0.3, 0.4) is 0 Å². The standard InChI is InChI=1S/C13H16F3NO2/c1-12(2,3)11(18)17-9-7-8(13(14,15)16)5-6-10(9)19-4/h5-7H,1-4H3,(H,17,18). The van der Waals surface area contributed by atoms with Gasteiger partial charge in [-0.15, -0.1) is 0 Å². The highest BCUT2D eigenvalue weighted by Gasteiger charge is 2.32. The number of carbonyl (C=O) groups excluding carboxylic acids is 1. The number of ether oxygens (including phenoxy) is 1. The number of hydrogen-bond acceptors (Lipinski definition) is 2. The minimum Gasteiger partial charge on any atom is -0.495 e. The molecule has 19 heavy (non-hydrogen) atoms. The van der Waals surface area contributed by atoms with Gasteiger partial charge in [0.1, 0.15) is 5.75 Å². The number of alkyl halides is 3. The number of amides is 1. The lowest BCUT2D eigenvalue weighted by atomic mass is 9.95. The Kier molecular flexibility index (Phi) is 4.12. The fourth-order valence-corrected chi connectivity index (χ4v) is 1.29. The zero-order valence-electron chi connectivity index (χ0n) is 11.2. The highest BCUT2D eigenvalue weighted by atomic mass is 19.4. The van der Waals surface area contributed by atoms with Gasteiger partial charge in [0.15, 0.2) is 0 Å². The maximum atomic E-state index is 12.6. The van der Waals surface area contributed by atoms with Crippen LogP contribution >= 0.6 is 0 Å². The summed E-state index contributed by atoms with van der Waals surface area (Å²) in [5.41, 5.74) is -1.53. The molecule has 1 aromatic carbocycles. The van der Waals surface area contributed by atoms with E-state index >= 15 is 0 Å². The van der Waals surface area contributed by atoms with Crippen molar-refractivity contribution in [1.29, 1.82) is 0 Å². The topological polar surface area (TPSA) is 38.3 Å². The average Bonchev–Trinajstić information content (AvgIpc) is 2.26. The van der Waals surface area contributed by atoms with Crippen LogP contribution in [-0.2, 0) is 11.0 Å². The molecule has 6 heteroatoms. The molecule has 0 radical (unpaired) electrons. The van der Waals surface area contributed by atoms with E-state index in [0.29, 0.717) is 0 Å². The Morgan fingerprint density at radius 1 is 1.21 bits per heavy atom. The van der Waals surface area contributed by atoms with Crippen molar-refractivity contribution in [3.8, 4) is 5.75 Å². The van der Waals surface area contributed by atoms with Crippen LogP contribution in [0.5, 0.6) is 5.75 Å². The second-order valence-electron chi connectivity index (χ2n) is 5.12. The summed E-state index contributed by atoms with van der Waals surface area (Å²) >= 11 is 0. The van der Waals surface area contributed by atoms with E-state index in [1.165, 1.54) is 13.2 Å². The maximum absolute atomic E-state index is 12.6. The molecule has 0 fully saturated rings. The molecule has 1 N–H and O–H groups in total. The first-order chi connectivity index (χ1) is 8.55. The lowest BCUT2D eigenvalue weighted by Crippen LogP contribution is -2.28. The smallest absolute Gasteiger partial charge is 0.416 e. The van der Waals surface area contributed by atoms with Crippen LogP contribution in [-0.4, -0.2) is 13.0 Å². The molecule has 0 aliphatic carbocycles. The number of halogens is 3. The summed E-state index contributed by atoms with van der Waals surface area (Å²) in [4.78, 5) is 11.8. The third-order valence-corrected chi connectivity index (χ3v) is 2.46. The molecule has 1 aromatic rings. The van der Waals surface area contributed by atoms with Gasteiger partial charge in [-0.05, 0) is 18.2 Å². The van der Waals surface area contributed by atoms with Crippen molar-refractivity contribution < 1.29 is 22.7 Å². The van der Waals surface area contributed by atoms with E-state index in [-0.39, 0.29) is 17.3 Å². The molecule has 0 aliphatic heterocycles. The summed E-state index contributed by atoms with van der Waals surface area (Å²) < 4.78 is 42.8. The summed E-state index contributed by atoms with van der Waals surface area (Å²) in [6, 6.07) is 2.95. The van der Waals surface area contributed by atoms with Crippen molar-refractivity contribution >= 4 is 11.6 Å². The molecule has 0 saturated carbocycles. The third-order valence-electron chi connectivity index (χ3n) is 2.46. The molecule has 0 heterocycles. The van der Waals surface area contributed by atoms with Gasteiger partial charge in [-0.1, -0.05) is 20.8 Å². The van der Waals surface area contributed by atoms with Crippen LogP contribution in [0.25, 0.3) is 0 Å². The first kappa shape index (κ1) is 15.3. The fraction of sp³-hybridized carbons (Fsp3) is 0.462. The Morgan fingerprint density at radius 3 is 2.21 bits per heavy atom. The molecule has 0 unspecified atom stereocenters. The monoisotopic (exact) mass is 275 g/mol. The first-order valence-electron chi connectivity index (χ1n) is 5.62. The summed E-state index contributed by atoms with van der Waals surface area (Å²) in [6.07, 6.45) is -4.46. The van der Waals surface area contributed by atoms with Crippen molar-refractivity contribution in [2.24, 2.45) is 5.41 Å². The van der Waals surface area contributed by atoms with Gasteiger partial charge in [0, 0.05) is 5.41 Å². The molecule has 0 spiro atoms. The lowest BCUT2D eigenvalue weighted by Gasteiger charge is -2.19. The predicted molar refractivity (Wildman–Crippen MR) is 66.1 cm³/mol. The van der Waals surface area contributed by atoms with E-state index in [2.05, 4.69) is 5.32 Å². The van der Waals surface area contributed by atoms with Crippen LogP contribution in [0.15, 0.2) is 18.2 Å². The summed E-state index contributed by atoms with van der Waals surface area (Å²) in [5.74, 6) is -0.198. The molecule has 1 amide bonds. The fourth-order valence-electron chi connectivity index (χ4n) is 1.29. The Labute approximate surface area is 109 Å². The first-order valence-corrected chi connectivity index (χ1v) is 5.62. The number of rotatable bonds is 2. The zero-order chi connectivity index (χ0) is 14.8. The Balaban J connectivity index is 3.14. The molecule has 0 atom stereocenters. The van der Waals surface area contributed by atoms with Crippen molar-refractivity contribution in [2.75, 3.05) is 12.4 Å². The Bertz CT molecular complexity index is 476. The molecule has 0 bridgehead atoms. The number of anilines is 1. The van der Waals surface area contributed by atoms with E-state index < -0.39 is 17.2 Å². The number of nitrogens with one attached hydrogen (secondary N) is 1. The van der Waals surface area contributed by atoms with Crippen LogP contribution in [0.4, 0.5) is 18.9 Å². The molecule has 0 aliphatic rings. The highest BCUT2D eigenvalue weighted by Crippen LogP contribution is 2.35. The molecule has 1 rings (SSSR count). The Hall–Kier alpha value is -1.72. The van der Waals surface area contributed by atoms with Crippen molar-refractivity contribution in [3.05, 3.63) is 23.8 Å². The van der Waals surface area contributed by atoms with E-state index in [9.17, 15) is 18.0 Å². The van der Waals surface area contributed by atoms with Gasteiger partial charge < -0.3 is 10.1 Å². The van der Waals surface area contributed by atoms with Gasteiger partial charge in [0.05, 0.1) is 18.4 Å². The van der Waals surface area contributed by atoms with Crippen LogP contribution in [0, 0.1) is 5.41 Å². The van der Waals surface area contributed by atoms with E-state index in [1.54, 1.807) is 20.8 Å². The maximum Gasteiger partial charge on any atom is 0.416 e. The second kappa shape index (κ2) is 5.11. The summed E-state index contributed by atoms with van der Waals surface area (Å²) in [6.45, 7) is 5.01. The second-order valence-corrected chi connectivity index (χ2v) is 5.12. The molecule has 0 aromatic heterocycles. The molecule has 3 nitrogen and oxygen atoms in total. The number of carbonyl (C=O) groups is 1. The number of benzene rings is 1. The molecular weight excluding hydrogens is 259 g/mol. The van der Waals surface area contributed by atoms with Gasteiger partial charge >= 0.3 is 6.18 Å². The highest BCUT2D eigenvalue weighted by molar-refractivity contribution is 5.95. The van der Waals surface area contributed by atoms with Gasteiger partial charge in [0.2, 0.25) is 5.91 Å². The number of methoxy groups -OCH3 is 1. The molecular formula is C13H16F3NO2. The third kappa shape index (κ3) is 3.87.